The molecular formula is C15H24N2O3. The van der Waals surface area contributed by atoms with Crippen LogP contribution in [0.15, 0.2) is 0 Å². The SMILES string of the molecule is C#CCNC(=O)[C@H]1CC[C@@H](N(C)C(=O)OC(C)(C)C)C1. The minimum absolute atomic E-state index is 0.0250. The molecule has 2 amide bonds. The summed E-state index contributed by atoms with van der Waals surface area (Å²) in [6.07, 6.45) is 7.02. The van der Waals surface area contributed by atoms with Gasteiger partial charge < -0.3 is 15.0 Å². The van der Waals surface area contributed by atoms with Crippen molar-refractivity contribution in [2.45, 2.75) is 51.7 Å². The van der Waals surface area contributed by atoms with E-state index in [0.29, 0.717) is 6.42 Å². The van der Waals surface area contributed by atoms with Crippen LogP contribution in [-0.4, -0.2) is 42.1 Å². The molecule has 1 N–H and O–H groups in total. The summed E-state index contributed by atoms with van der Waals surface area (Å²) in [5, 5.41) is 2.69. The van der Waals surface area contributed by atoms with E-state index in [1.807, 2.05) is 20.8 Å². The number of nitrogens with one attached hydrogen (secondary N) is 1. The number of terminal acetylenes is 1. The van der Waals surface area contributed by atoms with Crippen molar-refractivity contribution < 1.29 is 14.3 Å². The Bertz CT molecular complexity index is 406. The summed E-state index contributed by atoms with van der Waals surface area (Å²) in [4.78, 5) is 25.4. The van der Waals surface area contributed by atoms with Crippen LogP contribution in [-0.2, 0) is 9.53 Å². The van der Waals surface area contributed by atoms with Gasteiger partial charge in [0, 0.05) is 19.0 Å². The van der Waals surface area contributed by atoms with Gasteiger partial charge in [-0.1, -0.05) is 5.92 Å². The van der Waals surface area contributed by atoms with Gasteiger partial charge in [-0.05, 0) is 40.0 Å². The van der Waals surface area contributed by atoms with Crippen LogP contribution in [0.2, 0.25) is 0 Å². The first-order chi connectivity index (χ1) is 9.24. The van der Waals surface area contributed by atoms with E-state index in [0.717, 1.165) is 12.8 Å². The third kappa shape index (κ3) is 4.76. The van der Waals surface area contributed by atoms with Crippen LogP contribution in [0.3, 0.4) is 0 Å². The fourth-order valence-corrected chi connectivity index (χ4v) is 2.31. The standard InChI is InChI=1S/C15H24N2O3/c1-6-9-16-13(18)11-7-8-12(10-11)17(5)14(19)20-15(2,3)4/h1,11-12H,7-10H2,2-5H3,(H,16,18)/t11-,12+/m0/s1. The Morgan fingerprint density at radius 3 is 2.60 bits per heavy atom. The minimum Gasteiger partial charge on any atom is -0.444 e. The van der Waals surface area contributed by atoms with Crippen molar-refractivity contribution in [1.29, 1.82) is 0 Å². The number of amides is 2. The smallest absolute Gasteiger partial charge is 0.410 e. The number of hydrogen-bond donors (Lipinski definition) is 1. The Labute approximate surface area is 121 Å². The molecule has 5 heteroatoms. The summed E-state index contributed by atoms with van der Waals surface area (Å²) < 4.78 is 5.33. The zero-order chi connectivity index (χ0) is 15.3. The molecule has 1 aliphatic carbocycles. The zero-order valence-corrected chi connectivity index (χ0v) is 12.7. The predicted octanol–water partition coefficient (Wildman–Crippen LogP) is 1.77. The first-order valence-corrected chi connectivity index (χ1v) is 6.91. The number of rotatable bonds is 3. The summed E-state index contributed by atoms with van der Waals surface area (Å²) >= 11 is 0. The highest BCUT2D eigenvalue weighted by Gasteiger charge is 2.34. The minimum atomic E-state index is -0.506. The van der Waals surface area contributed by atoms with E-state index in [1.54, 1.807) is 11.9 Å². The molecule has 0 aromatic carbocycles. The summed E-state index contributed by atoms with van der Waals surface area (Å²) in [5.41, 5.74) is -0.506. The molecule has 1 aliphatic rings. The van der Waals surface area contributed by atoms with Crippen LogP contribution in [0.1, 0.15) is 40.0 Å². The number of carbonyl (C=O) groups is 2. The lowest BCUT2D eigenvalue weighted by Gasteiger charge is -2.28. The second kappa shape index (κ2) is 6.65. The predicted molar refractivity (Wildman–Crippen MR) is 77.0 cm³/mol. The Kier molecular flexibility index (Phi) is 5.43. The van der Waals surface area contributed by atoms with Crippen molar-refractivity contribution in [3.63, 3.8) is 0 Å². The molecule has 2 atom stereocenters. The van der Waals surface area contributed by atoms with Crippen molar-refractivity contribution in [2.24, 2.45) is 5.92 Å². The third-order valence-corrected chi connectivity index (χ3v) is 3.37. The maximum absolute atomic E-state index is 12.0. The number of ether oxygens (including phenoxy) is 1. The number of carbonyl (C=O) groups excluding carboxylic acids is 2. The Balaban J connectivity index is 2.49. The molecule has 0 aliphatic heterocycles. The van der Waals surface area contributed by atoms with E-state index < -0.39 is 5.60 Å². The van der Waals surface area contributed by atoms with Crippen molar-refractivity contribution in [3.8, 4) is 12.3 Å². The molecule has 5 nitrogen and oxygen atoms in total. The lowest BCUT2D eigenvalue weighted by atomic mass is 10.1. The second-order valence-electron chi connectivity index (χ2n) is 6.18. The molecule has 0 heterocycles. The maximum Gasteiger partial charge on any atom is 0.410 e. The molecule has 0 spiro atoms. The molecule has 0 aromatic heterocycles. The van der Waals surface area contributed by atoms with Crippen molar-refractivity contribution in [3.05, 3.63) is 0 Å². The van der Waals surface area contributed by atoms with E-state index >= 15 is 0 Å². The fraction of sp³-hybridized carbons (Fsp3) is 0.733. The average molecular weight is 280 g/mol. The molecule has 1 fully saturated rings. The largest absolute Gasteiger partial charge is 0.444 e. The van der Waals surface area contributed by atoms with Crippen LogP contribution in [0.4, 0.5) is 4.79 Å². The zero-order valence-electron chi connectivity index (χ0n) is 12.7. The highest BCUT2D eigenvalue weighted by Crippen LogP contribution is 2.29. The summed E-state index contributed by atoms with van der Waals surface area (Å²) in [5.74, 6) is 2.29. The van der Waals surface area contributed by atoms with Gasteiger partial charge >= 0.3 is 6.09 Å². The van der Waals surface area contributed by atoms with Gasteiger partial charge in [-0.15, -0.1) is 6.42 Å². The first-order valence-electron chi connectivity index (χ1n) is 6.91. The van der Waals surface area contributed by atoms with E-state index in [2.05, 4.69) is 11.2 Å². The second-order valence-corrected chi connectivity index (χ2v) is 6.18. The topological polar surface area (TPSA) is 58.6 Å². The first kappa shape index (κ1) is 16.4. The van der Waals surface area contributed by atoms with Gasteiger partial charge in [0.1, 0.15) is 5.60 Å². The Hall–Kier alpha value is -1.70. The Morgan fingerprint density at radius 2 is 2.05 bits per heavy atom. The number of hydrogen-bond acceptors (Lipinski definition) is 3. The average Bonchev–Trinajstić information content (AvgIpc) is 2.82. The highest BCUT2D eigenvalue weighted by atomic mass is 16.6. The van der Waals surface area contributed by atoms with Crippen LogP contribution >= 0.6 is 0 Å². The molecule has 1 saturated carbocycles. The van der Waals surface area contributed by atoms with E-state index in [9.17, 15) is 9.59 Å². The molecular weight excluding hydrogens is 256 g/mol. The normalized spacial score (nSPS) is 21.9. The molecule has 1 rings (SSSR count). The van der Waals surface area contributed by atoms with E-state index in [4.69, 9.17) is 11.2 Å². The molecule has 20 heavy (non-hydrogen) atoms. The van der Waals surface area contributed by atoms with Gasteiger partial charge in [-0.2, -0.15) is 0 Å². The number of nitrogens with zero attached hydrogens (tertiary/aromatic N) is 1. The summed E-state index contributed by atoms with van der Waals surface area (Å²) in [6, 6.07) is 0.0476. The third-order valence-electron chi connectivity index (χ3n) is 3.37. The quantitative estimate of drug-likeness (QED) is 0.802. The lowest BCUT2D eigenvalue weighted by Crippen LogP contribution is -2.40. The van der Waals surface area contributed by atoms with Gasteiger partial charge in [-0.25, -0.2) is 4.79 Å². The monoisotopic (exact) mass is 280 g/mol. The van der Waals surface area contributed by atoms with Gasteiger partial charge in [0.25, 0.3) is 0 Å². The highest BCUT2D eigenvalue weighted by molar-refractivity contribution is 5.79. The molecule has 0 unspecified atom stereocenters. The van der Waals surface area contributed by atoms with Crippen LogP contribution in [0.25, 0.3) is 0 Å². The van der Waals surface area contributed by atoms with Crippen molar-refractivity contribution in [2.75, 3.05) is 13.6 Å². The van der Waals surface area contributed by atoms with E-state index in [-0.39, 0.29) is 30.5 Å². The van der Waals surface area contributed by atoms with E-state index in [1.165, 1.54) is 0 Å². The van der Waals surface area contributed by atoms with Gasteiger partial charge in [-0.3, -0.25) is 4.79 Å². The van der Waals surface area contributed by atoms with Gasteiger partial charge in [0.05, 0.1) is 6.54 Å². The van der Waals surface area contributed by atoms with Crippen molar-refractivity contribution in [1.82, 2.24) is 10.2 Å². The van der Waals surface area contributed by atoms with Gasteiger partial charge in [0.2, 0.25) is 5.91 Å². The van der Waals surface area contributed by atoms with Crippen LogP contribution in [0, 0.1) is 18.3 Å². The fourth-order valence-electron chi connectivity index (χ4n) is 2.31. The molecule has 112 valence electrons. The van der Waals surface area contributed by atoms with Crippen molar-refractivity contribution >= 4 is 12.0 Å². The molecule has 0 bridgehead atoms. The molecule has 0 radical (unpaired) electrons. The lowest BCUT2D eigenvalue weighted by molar-refractivity contribution is -0.124. The van der Waals surface area contributed by atoms with Crippen LogP contribution in [0.5, 0.6) is 0 Å². The van der Waals surface area contributed by atoms with Gasteiger partial charge in [0.15, 0.2) is 0 Å². The molecule has 0 saturated heterocycles. The maximum atomic E-state index is 12.0. The summed E-state index contributed by atoms with van der Waals surface area (Å²) in [6.45, 7) is 5.76. The summed E-state index contributed by atoms with van der Waals surface area (Å²) in [7, 11) is 1.72. The van der Waals surface area contributed by atoms with Crippen LogP contribution < -0.4 is 5.32 Å². The Morgan fingerprint density at radius 1 is 1.40 bits per heavy atom. The molecule has 0 aromatic rings.